The lowest BCUT2D eigenvalue weighted by molar-refractivity contribution is 0.112. The molecule has 20 heavy (non-hydrogen) atoms. The second-order valence-corrected chi connectivity index (χ2v) is 6.28. The quantitative estimate of drug-likeness (QED) is 0.880. The van der Waals surface area contributed by atoms with E-state index < -0.39 is 10.0 Å². The Morgan fingerprint density at radius 1 is 1.00 bits per heavy atom. The number of benzene rings is 2. The summed E-state index contributed by atoms with van der Waals surface area (Å²) >= 11 is 0. The molecule has 0 spiro atoms. The number of aldehydes is 1. The zero-order chi connectivity index (χ0) is 14.8. The van der Waals surface area contributed by atoms with Gasteiger partial charge in [-0.05, 0) is 49.2 Å². The molecule has 0 aromatic heterocycles. The normalized spacial score (nSPS) is 11.1. The molecule has 0 aliphatic heterocycles. The Kier molecular flexibility index (Phi) is 3.90. The van der Waals surface area contributed by atoms with Crippen LogP contribution in [-0.2, 0) is 10.0 Å². The van der Waals surface area contributed by atoms with E-state index >= 15 is 0 Å². The summed E-state index contributed by atoms with van der Waals surface area (Å²) in [4.78, 5) is 10.9. The Hall–Kier alpha value is -2.14. The van der Waals surface area contributed by atoms with E-state index in [2.05, 4.69) is 4.72 Å². The molecule has 2 rings (SSSR count). The van der Waals surface area contributed by atoms with Crippen molar-refractivity contribution in [2.24, 2.45) is 0 Å². The van der Waals surface area contributed by atoms with E-state index in [1.807, 2.05) is 13.8 Å². The molecule has 0 atom stereocenters. The number of nitrogens with one attached hydrogen (secondary N) is 1. The number of aryl methyl sites for hydroxylation is 2. The molecule has 2 aromatic carbocycles. The zero-order valence-electron chi connectivity index (χ0n) is 11.3. The van der Waals surface area contributed by atoms with Gasteiger partial charge in [-0.25, -0.2) is 8.42 Å². The van der Waals surface area contributed by atoms with Gasteiger partial charge in [0.05, 0.1) is 4.90 Å². The van der Waals surface area contributed by atoms with Gasteiger partial charge in [-0.15, -0.1) is 0 Å². The fourth-order valence-electron chi connectivity index (χ4n) is 1.77. The van der Waals surface area contributed by atoms with Gasteiger partial charge in [0.15, 0.2) is 0 Å². The van der Waals surface area contributed by atoms with Crippen LogP contribution in [0.25, 0.3) is 0 Å². The molecule has 0 bridgehead atoms. The van der Waals surface area contributed by atoms with Crippen LogP contribution in [0.3, 0.4) is 0 Å². The number of sulfonamides is 1. The van der Waals surface area contributed by atoms with Gasteiger partial charge in [-0.1, -0.05) is 18.2 Å². The van der Waals surface area contributed by atoms with Gasteiger partial charge in [0.1, 0.15) is 6.29 Å². The Morgan fingerprint density at radius 2 is 1.75 bits per heavy atom. The van der Waals surface area contributed by atoms with Crippen LogP contribution in [0.2, 0.25) is 0 Å². The molecule has 104 valence electrons. The van der Waals surface area contributed by atoms with Crippen molar-refractivity contribution in [3.8, 4) is 0 Å². The minimum absolute atomic E-state index is 0.206. The maximum Gasteiger partial charge on any atom is 0.261 e. The highest BCUT2D eigenvalue weighted by Crippen LogP contribution is 2.19. The number of rotatable bonds is 4. The third-order valence-corrected chi connectivity index (χ3v) is 4.44. The lowest BCUT2D eigenvalue weighted by atomic mass is 10.1. The Morgan fingerprint density at radius 3 is 2.40 bits per heavy atom. The van der Waals surface area contributed by atoms with Crippen molar-refractivity contribution in [1.29, 1.82) is 0 Å². The molecule has 0 aliphatic carbocycles. The summed E-state index contributed by atoms with van der Waals surface area (Å²) in [5, 5.41) is 0. The molecule has 5 heteroatoms. The van der Waals surface area contributed by atoms with E-state index in [-0.39, 0.29) is 4.90 Å². The Balaban J connectivity index is 2.35. The molecule has 0 radical (unpaired) electrons. The van der Waals surface area contributed by atoms with Gasteiger partial charge in [0, 0.05) is 11.3 Å². The van der Waals surface area contributed by atoms with E-state index in [1.54, 1.807) is 36.4 Å². The van der Waals surface area contributed by atoms with Gasteiger partial charge in [-0.2, -0.15) is 0 Å². The van der Waals surface area contributed by atoms with Crippen LogP contribution in [0.1, 0.15) is 21.5 Å². The van der Waals surface area contributed by atoms with E-state index in [0.29, 0.717) is 17.5 Å². The molecular formula is C15H15NO3S. The standard InChI is InChI=1S/C15H15NO3S/c1-11-6-7-15(8-12(11)2)20(18,19)16-14-5-3-4-13(9-14)10-17/h3-10,16H,1-2H3. The van der Waals surface area contributed by atoms with E-state index in [4.69, 9.17) is 0 Å². The van der Waals surface area contributed by atoms with Gasteiger partial charge < -0.3 is 0 Å². The minimum atomic E-state index is -3.64. The lowest BCUT2D eigenvalue weighted by Crippen LogP contribution is -2.13. The van der Waals surface area contributed by atoms with E-state index in [0.717, 1.165) is 11.1 Å². The summed E-state index contributed by atoms with van der Waals surface area (Å²) in [5.41, 5.74) is 2.74. The molecule has 4 nitrogen and oxygen atoms in total. The monoisotopic (exact) mass is 289 g/mol. The summed E-state index contributed by atoms with van der Waals surface area (Å²) in [6.07, 6.45) is 0.674. The van der Waals surface area contributed by atoms with Crippen LogP contribution in [0, 0.1) is 13.8 Å². The predicted octanol–water partition coefficient (Wildman–Crippen LogP) is 2.92. The largest absolute Gasteiger partial charge is 0.298 e. The van der Waals surface area contributed by atoms with Gasteiger partial charge in [-0.3, -0.25) is 9.52 Å². The Labute approximate surface area is 118 Å². The molecule has 0 saturated heterocycles. The Bertz CT molecular complexity index is 751. The van der Waals surface area contributed by atoms with Crippen molar-refractivity contribution in [3.63, 3.8) is 0 Å². The van der Waals surface area contributed by atoms with Gasteiger partial charge >= 0.3 is 0 Å². The average molecular weight is 289 g/mol. The SMILES string of the molecule is Cc1ccc(S(=O)(=O)Nc2cccc(C=O)c2)cc1C. The highest BCUT2D eigenvalue weighted by atomic mass is 32.2. The van der Waals surface area contributed by atoms with Crippen molar-refractivity contribution in [3.05, 3.63) is 59.2 Å². The topological polar surface area (TPSA) is 63.2 Å². The van der Waals surface area contributed by atoms with Gasteiger partial charge in [0.25, 0.3) is 10.0 Å². The summed E-state index contributed by atoms with van der Waals surface area (Å²) < 4.78 is 27.0. The molecule has 0 amide bonds. The number of anilines is 1. The summed E-state index contributed by atoms with van der Waals surface area (Å²) in [7, 11) is -3.64. The first-order valence-corrected chi connectivity index (χ1v) is 7.56. The first-order chi connectivity index (χ1) is 9.42. The number of hydrogen-bond acceptors (Lipinski definition) is 3. The molecule has 0 heterocycles. The molecular weight excluding hydrogens is 274 g/mol. The second kappa shape index (κ2) is 5.46. The van der Waals surface area contributed by atoms with E-state index in [9.17, 15) is 13.2 Å². The second-order valence-electron chi connectivity index (χ2n) is 4.59. The van der Waals surface area contributed by atoms with Crippen LogP contribution in [0.4, 0.5) is 5.69 Å². The van der Waals surface area contributed by atoms with Crippen LogP contribution < -0.4 is 4.72 Å². The van der Waals surface area contributed by atoms with Crippen molar-refractivity contribution < 1.29 is 13.2 Å². The summed E-state index contributed by atoms with van der Waals surface area (Å²) in [5.74, 6) is 0. The van der Waals surface area contributed by atoms with Crippen molar-refractivity contribution >= 4 is 22.0 Å². The van der Waals surface area contributed by atoms with Crippen molar-refractivity contribution in [1.82, 2.24) is 0 Å². The van der Waals surface area contributed by atoms with Gasteiger partial charge in [0.2, 0.25) is 0 Å². The summed E-state index contributed by atoms with van der Waals surface area (Å²) in [6, 6.07) is 11.3. The van der Waals surface area contributed by atoms with Crippen molar-refractivity contribution in [2.75, 3.05) is 4.72 Å². The highest BCUT2D eigenvalue weighted by molar-refractivity contribution is 7.92. The van der Waals surface area contributed by atoms with Crippen LogP contribution in [-0.4, -0.2) is 14.7 Å². The first-order valence-electron chi connectivity index (χ1n) is 6.08. The zero-order valence-corrected chi connectivity index (χ0v) is 12.1. The van der Waals surface area contributed by atoms with Crippen molar-refractivity contribution in [2.45, 2.75) is 18.7 Å². The third kappa shape index (κ3) is 3.05. The first kappa shape index (κ1) is 14.3. The van der Waals surface area contributed by atoms with Crippen LogP contribution in [0.5, 0.6) is 0 Å². The number of carbonyl (C=O) groups is 1. The molecule has 0 aliphatic rings. The van der Waals surface area contributed by atoms with E-state index in [1.165, 1.54) is 6.07 Å². The number of carbonyl (C=O) groups excluding carboxylic acids is 1. The minimum Gasteiger partial charge on any atom is -0.298 e. The average Bonchev–Trinajstić information content (AvgIpc) is 2.41. The van der Waals surface area contributed by atoms with Crippen LogP contribution in [0.15, 0.2) is 47.4 Å². The maximum atomic E-state index is 12.3. The fourth-order valence-corrected chi connectivity index (χ4v) is 2.90. The number of hydrogen-bond donors (Lipinski definition) is 1. The maximum absolute atomic E-state index is 12.3. The lowest BCUT2D eigenvalue weighted by Gasteiger charge is -2.10. The summed E-state index contributed by atoms with van der Waals surface area (Å²) in [6.45, 7) is 3.79. The van der Waals surface area contributed by atoms with Crippen LogP contribution >= 0.6 is 0 Å². The molecule has 0 saturated carbocycles. The molecule has 0 unspecified atom stereocenters. The fraction of sp³-hybridized carbons (Fsp3) is 0.133. The third-order valence-electron chi connectivity index (χ3n) is 3.06. The molecule has 2 aromatic rings. The highest BCUT2D eigenvalue weighted by Gasteiger charge is 2.14. The predicted molar refractivity (Wildman–Crippen MR) is 78.6 cm³/mol. The smallest absolute Gasteiger partial charge is 0.261 e. The molecule has 0 fully saturated rings. The molecule has 1 N–H and O–H groups in total.